The fourth-order valence-corrected chi connectivity index (χ4v) is 4.24. The van der Waals surface area contributed by atoms with Crippen molar-refractivity contribution in [3.8, 4) is 0 Å². The van der Waals surface area contributed by atoms with E-state index < -0.39 is 0 Å². The number of aryl methyl sites for hydroxylation is 1. The molecule has 1 heterocycles. The Balaban J connectivity index is 1.86. The van der Waals surface area contributed by atoms with Gasteiger partial charge in [0.2, 0.25) is 0 Å². The van der Waals surface area contributed by atoms with Gasteiger partial charge < -0.3 is 11.5 Å². The van der Waals surface area contributed by atoms with Crippen LogP contribution >= 0.6 is 35.0 Å². The number of benzene rings is 1. The summed E-state index contributed by atoms with van der Waals surface area (Å²) >= 11 is 13.7. The van der Waals surface area contributed by atoms with E-state index in [2.05, 4.69) is 9.97 Å². The average Bonchev–Trinajstić information content (AvgIpc) is 2.85. The van der Waals surface area contributed by atoms with Crippen LogP contribution in [0.15, 0.2) is 34.3 Å². The molecule has 2 atom stereocenters. The first kappa shape index (κ1) is 17.0. The fraction of sp³-hybridized carbons (Fsp3) is 0.375. The summed E-state index contributed by atoms with van der Waals surface area (Å²) in [4.78, 5) is 10.1. The van der Waals surface area contributed by atoms with Gasteiger partial charge in [0.1, 0.15) is 5.03 Å². The Kier molecular flexibility index (Phi) is 5.13. The molecule has 2 aromatic rings. The van der Waals surface area contributed by atoms with E-state index in [0.717, 1.165) is 34.2 Å². The van der Waals surface area contributed by atoms with E-state index in [1.807, 2.05) is 19.1 Å². The van der Waals surface area contributed by atoms with Gasteiger partial charge in [0, 0.05) is 22.9 Å². The maximum absolute atomic E-state index is 6.23. The second-order valence-electron chi connectivity index (χ2n) is 5.77. The van der Waals surface area contributed by atoms with Crippen LogP contribution in [-0.4, -0.2) is 22.1 Å². The molecule has 0 bridgehead atoms. The third-order valence-electron chi connectivity index (χ3n) is 4.14. The van der Waals surface area contributed by atoms with E-state index in [0.29, 0.717) is 10.0 Å². The standard InChI is InChI=1S/C16H18Cl2N4S/c1-8-16(23-13-4-2-3-9(17)15(13)18)21-7-12(22-8)14-10(19)5-6-11(14)20/h2-4,7,10-11,14H,5-6,19-20H2,1H3. The molecule has 7 heteroatoms. The van der Waals surface area contributed by atoms with Gasteiger partial charge in [-0.05, 0) is 31.9 Å². The summed E-state index contributed by atoms with van der Waals surface area (Å²) in [5.41, 5.74) is 14.0. The van der Waals surface area contributed by atoms with Gasteiger partial charge in [0.15, 0.2) is 0 Å². The number of rotatable bonds is 3. The van der Waals surface area contributed by atoms with Crippen LogP contribution in [0.3, 0.4) is 0 Å². The topological polar surface area (TPSA) is 77.8 Å². The van der Waals surface area contributed by atoms with Crippen molar-refractivity contribution in [2.45, 2.75) is 47.7 Å². The van der Waals surface area contributed by atoms with E-state index in [1.54, 1.807) is 12.3 Å². The quantitative estimate of drug-likeness (QED) is 0.861. The highest BCUT2D eigenvalue weighted by atomic mass is 35.5. The van der Waals surface area contributed by atoms with Crippen molar-refractivity contribution in [1.29, 1.82) is 0 Å². The Morgan fingerprint density at radius 2 is 1.87 bits per heavy atom. The lowest BCUT2D eigenvalue weighted by Gasteiger charge is -2.19. The highest BCUT2D eigenvalue weighted by molar-refractivity contribution is 7.99. The lowest BCUT2D eigenvalue weighted by atomic mass is 9.97. The number of nitrogens with zero attached hydrogens (tertiary/aromatic N) is 2. The maximum Gasteiger partial charge on any atom is 0.122 e. The molecule has 2 unspecified atom stereocenters. The van der Waals surface area contributed by atoms with Crippen LogP contribution < -0.4 is 11.5 Å². The molecule has 1 saturated carbocycles. The van der Waals surface area contributed by atoms with Crippen LogP contribution in [0.4, 0.5) is 0 Å². The van der Waals surface area contributed by atoms with E-state index in [1.165, 1.54) is 11.8 Å². The summed E-state index contributed by atoms with van der Waals surface area (Å²) in [5.74, 6) is 0.0787. The fourth-order valence-electron chi connectivity index (χ4n) is 2.92. The van der Waals surface area contributed by atoms with Crippen molar-refractivity contribution < 1.29 is 0 Å². The second-order valence-corrected chi connectivity index (χ2v) is 7.59. The van der Waals surface area contributed by atoms with Crippen LogP contribution in [0.2, 0.25) is 10.0 Å². The first-order chi connectivity index (χ1) is 11.0. The lowest BCUT2D eigenvalue weighted by Crippen LogP contribution is -2.33. The van der Waals surface area contributed by atoms with Crippen LogP contribution in [-0.2, 0) is 0 Å². The predicted octanol–water partition coefficient (Wildman–Crippen LogP) is 3.78. The van der Waals surface area contributed by atoms with E-state index in [4.69, 9.17) is 34.7 Å². The summed E-state index contributed by atoms with van der Waals surface area (Å²) in [7, 11) is 0. The van der Waals surface area contributed by atoms with Crippen LogP contribution in [0, 0.1) is 6.92 Å². The molecule has 1 fully saturated rings. The van der Waals surface area contributed by atoms with E-state index in [-0.39, 0.29) is 18.0 Å². The third-order valence-corrected chi connectivity index (χ3v) is 6.23. The summed E-state index contributed by atoms with van der Waals surface area (Å²) < 4.78 is 0. The molecule has 1 aliphatic carbocycles. The lowest BCUT2D eigenvalue weighted by molar-refractivity contribution is 0.542. The summed E-state index contributed by atoms with van der Waals surface area (Å²) in [6.07, 6.45) is 3.64. The van der Waals surface area contributed by atoms with Crippen LogP contribution in [0.1, 0.15) is 30.1 Å². The molecular weight excluding hydrogens is 351 g/mol. The molecule has 1 aromatic carbocycles. The molecule has 4 nitrogen and oxygen atoms in total. The van der Waals surface area contributed by atoms with Gasteiger partial charge in [-0.3, -0.25) is 4.98 Å². The molecule has 122 valence electrons. The molecule has 1 aliphatic rings. The number of aromatic nitrogens is 2. The first-order valence-corrected chi connectivity index (χ1v) is 9.01. The molecule has 0 saturated heterocycles. The largest absolute Gasteiger partial charge is 0.327 e. The third kappa shape index (κ3) is 3.49. The average molecular weight is 369 g/mol. The molecule has 23 heavy (non-hydrogen) atoms. The number of halogens is 2. The normalized spacial score (nSPS) is 24.1. The molecule has 0 radical (unpaired) electrons. The van der Waals surface area contributed by atoms with Gasteiger partial charge in [-0.1, -0.05) is 41.0 Å². The summed E-state index contributed by atoms with van der Waals surface area (Å²) in [6.45, 7) is 1.93. The van der Waals surface area contributed by atoms with Gasteiger partial charge in [-0.2, -0.15) is 0 Å². The zero-order valence-electron chi connectivity index (χ0n) is 12.7. The Hall–Kier alpha value is -0.850. The van der Waals surface area contributed by atoms with Gasteiger partial charge in [0.25, 0.3) is 0 Å². The van der Waals surface area contributed by atoms with Gasteiger partial charge >= 0.3 is 0 Å². The number of hydrogen-bond acceptors (Lipinski definition) is 5. The number of nitrogens with two attached hydrogens (primary N) is 2. The zero-order valence-corrected chi connectivity index (χ0v) is 15.0. The van der Waals surface area contributed by atoms with Crippen LogP contribution in [0.25, 0.3) is 0 Å². The van der Waals surface area contributed by atoms with E-state index >= 15 is 0 Å². The Labute approximate surface area is 150 Å². The predicted molar refractivity (Wildman–Crippen MR) is 95.3 cm³/mol. The van der Waals surface area contributed by atoms with Gasteiger partial charge in [-0.15, -0.1) is 0 Å². The second kappa shape index (κ2) is 6.95. The van der Waals surface area contributed by atoms with Gasteiger partial charge in [-0.25, -0.2) is 4.98 Å². The molecule has 1 aromatic heterocycles. The SMILES string of the molecule is Cc1nc(C2C(N)CCC2N)cnc1Sc1cccc(Cl)c1Cl. The van der Waals surface area contributed by atoms with Crippen molar-refractivity contribution in [2.75, 3.05) is 0 Å². The molecular formula is C16H18Cl2N4S. The minimum atomic E-state index is 0.0552. The highest BCUT2D eigenvalue weighted by Gasteiger charge is 2.34. The van der Waals surface area contributed by atoms with Crippen molar-refractivity contribution in [3.63, 3.8) is 0 Å². The highest BCUT2D eigenvalue weighted by Crippen LogP contribution is 2.38. The molecule has 0 amide bonds. The summed E-state index contributed by atoms with van der Waals surface area (Å²) in [6, 6.07) is 5.65. The molecule has 0 spiro atoms. The smallest absolute Gasteiger partial charge is 0.122 e. The monoisotopic (exact) mass is 368 g/mol. The summed E-state index contributed by atoms with van der Waals surface area (Å²) in [5, 5.41) is 1.86. The van der Waals surface area contributed by atoms with Crippen molar-refractivity contribution in [3.05, 3.63) is 45.8 Å². The van der Waals surface area contributed by atoms with Crippen molar-refractivity contribution in [2.24, 2.45) is 11.5 Å². The Morgan fingerprint density at radius 3 is 2.52 bits per heavy atom. The minimum absolute atomic E-state index is 0.0552. The molecule has 0 aliphatic heterocycles. The zero-order chi connectivity index (χ0) is 16.6. The Morgan fingerprint density at radius 1 is 1.17 bits per heavy atom. The van der Waals surface area contributed by atoms with Crippen LogP contribution in [0.5, 0.6) is 0 Å². The van der Waals surface area contributed by atoms with E-state index in [9.17, 15) is 0 Å². The Bertz CT molecular complexity index is 715. The molecule has 3 rings (SSSR count). The minimum Gasteiger partial charge on any atom is -0.327 e. The first-order valence-electron chi connectivity index (χ1n) is 7.44. The maximum atomic E-state index is 6.23. The van der Waals surface area contributed by atoms with Crippen molar-refractivity contribution in [1.82, 2.24) is 9.97 Å². The molecule has 4 N–H and O–H groups in total. The van der Waals surface area contributed by atoms with Crippen molar-refractivity contribution >= 4 is 35.0 Å². The van der Waals surface area contributed by atoms with Gasteiger partial charge in [0.05, 0.1) is 27.6 Å². The number of hydrogen-bond donors (Lipinski definition) is 2.